The number of rotatable bonds is 8. The molecule has 1 heterocycles. The number of ether oxygens (including phenoxy) is 1. The molecule has 2 rings (SSSR count). The Kier molecular flexibility index (Phi) is 7.27. The summed E-state index contributed by atoms with van der Waals surface area (Å²) in [7, 11) is 0. The highest BCUT2D eigenvalue weighted by Gasteiger charge is 2.09. The zero-order valence-corrected chi connectivity index (χ0v) is 15.7. The van der Waals surface area contributed by atoms with Gasteiger partial charge >= 0.3 is 0 Å². The van der Waals surface area contributed by atoms with E-state index in [1.807, 2.05) is 31.2 Å². The topological polar surface area (TPSA) is 67.4 Å². The van der Waals surface area contributed by atoms with Crippen LogP contribution in [0.15, 0.2) is 40.2 Å². The Bertz CT molecular complexity index is 703. The van der Waals surface area contributed by atoms with Gasteiger partial charge < -0.3 is 15.4 Å². The molecule has 24 heavy (non-hydrogen) atoms. The Hall–Kier alpha value is -1.86. The molecule has 2 N–H and O–H groups in total. The van der Waals surface area contributed by atoms with Crippen LogP contribution in [0.3, 0.4) is 0 Å². The van der Waals surface area contributed by atoms with Crippen molar-refractivity contribution in [3.63, 3.8) is 0 Å². The normalized spacial score (nSPS) is 10.2. The van der Waals surface area contributed by atoms with E-state index in [4.69, 9.17) is 4.74 Å². The lowest BCUT2D eigenvalue weighted by Gasteiger charge is -2.08. The van der Waals surface area contributed by atoms with Gasteiger partial charge in [-0.1, -0.05) is 12.1 Å². The third-order valence-electron chi connectivity index (χ3n) is 3.11. The lowest BCUT2D eigenvalue weighted by Crippen LogP contribution is -2.37. The zero-order valence-electron chi connectivity index (χ0n) is 13.3. The van der Waals surface area contributed by atoms with Crippen molar-refractivity contribution < 1.29 is 14.3 Å². The largest absolute Gasteiger partial charge is 0.494 e. The summed E-state index contributed by atoms with van der Waals surface area (Å²) >= 11 is 4.62. The third kappa shape index (κ3) is 6.33. The predicted octanol–water partition coefficient (Wildman–Crippen LogP) is 3.13. The van der Waals surface area contributed by atoms with E-state index in [1.54, 1.807) is 12.1 Å². The van der Waals surface area contributed by atoms with E-state index in [1.165, 1.54) is 11.3 Å². The van der Waals surface area contributed by atoms with Crippen LogP contribution in [0, 0.1) is 6.92 Å². The molecule has 0 bridgehead atoms. The third-order valence-corrected chi connectivity index (χ3v) is 4.73. The molecule has 2 aromatic rings. The van der Waals surface area contributed by atoms with Crippen LogP contribution in [0.4, 0.5) is 0 Å². The number of amides is 2. The fourth-order valence-corrected chi connectivity index (χ4v) is 3.24. The molecule has 0 saturated heterocycles. The average Bonchev–Trinajstić information content (AvgIpc) is 2.99. The minimum absolute atomic E-state index is 0.0346. The number of hydrogen-bond acceptors (Lipinski definition) is 4. The minimum Gasteiger partial charge on any atom is -0.494 e. The van der Waals surface area contributed by atoms with Crippen LogP contribution in [0.2, 0.25) is 0 Å². The van der Waals surface area contributed by atoms with Crippen LogP contribution in [-0.2, 0) is 4.79 Å². The Morgan fingerprint density at radius 3 is 2.75 bits per heavy atom. The maximum Gasteiger partial charge on any atom is 0.261 e. The smallest absolute Gasteiger partial charge is 0.261 e. The van der Waals surface area contributed by atoms with Gasteiger partial charge in [-0.2, -0.15) is 0 Å². The summed E-state index contributed by atoms with van der Waals surface area (Å²) in [4.78, 5) is 24.1. The van der Waals surface area contributed by atoms with Crippen molar-refractivity contribution in [2.75, 3.05) is 19.7 Å². The van der Waals surface area contributed by atoms with Gasteiger partial charge in [-0.15, -0.1) is 11.3 Å². The van der Waals surface area contributed by atoms with E-state index in [0.29, 0.717) is 24.4 Å². The van der Waals surface area contributed by atoms with Crippen LogP contribution in [0.25, 0.3) is 0 Å². The van der Waals surface area contributed by atoms with E-state index in [-0.39, 0.29) is 18.4 Å². The molecule has 0 unspecified atom stereocenters. The van der Waals surface area contributed by atoms with Crippen LogP contribution in [-0.4, -0.2) is 31.5 Å². The van der Waals surface area contributed by atoms with Crippen molar-refractivity contribution in [3.05, 3.63) is 50.6 Å². The molecule has 0 atom stereocenters. The van der Waals surface area contributed by atoms with Crippen LogP contribution in [0.1, 0.15) is 21.7 Å². The van der Waals surface area contributed by atoms with Gasteiger partial charge in [0, 0.05) is 6.54 Å². The van der Waals surface area contributed by atoms with Gasteiger partial charge in [0.2, 0.25) is 5.91 Å². The first-order valence-corrected chi connectivity index (χ1v) is 9.15. The molecule has 0 aliphatic carbocycles. The molecule has 0 spiro atoms. The SMILES string of the molecule is Cc1cccc(OCCCNC(=O)CNC(=O)c2ccc(Br)s2)c1. The van der Waals surface area contributed by atoms with Gasteiger partial charge in [-0.25, -0.2) is 0 Å². The lowest BCUT2D eigenvalue weighted by atomic mass is 10.2. The Morgan fingerprint density at radius 2 is 2.04 bits per heavy atom. The van der Waals surface area contributed by atoms with Crippen molar-refractivity contribution in [2.45, 2.75) is 13.3 Å². The summed E-state index contributed by atoms with van der Waals surface area (Å²) in [5.74, 6) is 0.369. The molecule has 128 valence electrons. The first kappa shape index (κ1) is 18.5. The van der Waals surface area contributed by atoms with Crippen LogP contribution >= 0.6 is 27.3 Å². The Balaban J connectivity index is 1.57. The fourth-order valence-electron chi connectivity index (χ4n) is 1.94. The zero-order chi connectivity index (χ0) is 17.4. The predicted molar refractivity (Wildman–Crippen MR) is 98.7 cm³/mol. The molecule has 0 fully saturated rings. The number of thiophene rings is 1. The number of carbonyl (C=O) groups excluding carboxylic acids is 2. The van der Waals surface area contributed by atoms with Crippen LogP contribution in [0.5, 0.6) is 5.75 Å². The Labute approximate surface area is 153 Å². The monoisotopic (exact) mass is 410 g/mol. The number of carbonyl (C=O) groups is 2. The minimum atomic E-state index is -0.247. The van der Waals surface area contributed by atoms with Gasteiger partial charge in [0.05, 0.1) is 21.8 Å². The highest BCUT2D eigenvalue weighted by Crippen LogP contribution is 2.21. The number of aryl methyl sites for hydroxylation is 1. The van der Waals surface area contributed by atoms with E-state index in [2.05, 4.69) is 26.6 Å². The molecule has 2 amide bonds. The maximum absolute atomic E-state index is 11.8. The van der Waals surface area contributed by atoms with E-state index in [9.17, 15) is 9.59 Å². The fraction of sp³-hybridized carbons (Fsp3) is 0.294. The number of nitrogens with one attached hydrogen (secondary N) is 2. The molecule has 0 aliphatic heterocycles. The quantitative estimate of drug-likeness (QED) is 0.656. The van der Waals surface area contributed by atoms with Gasteiger partial charge in [-0.3, -0.25) is 9.59 Å². The molecule has 1 aromatic heterocycles. The van der Waals surface area contributed by atoms with Gasteiger partial charge in [0.15, 0.2) is 0 Å². The summed E-state index contributed by atoms with van der Waals surface area (Å²) in [5, 5.41) is 5.35. The molecular formula is C17H19BrN2O3S. The average molecular weight is 411 g/mol. The highest BCUT2D eigenvalue weighted by molar-refractivity contribution is 9.11. The second-order valence-electron chi connectivity index (χ2n) is 5.15. The van der Waals surface area contributed by atoms with Gasteiger partial charge in [0.25, 0.3) is 5.91 Å². The molecule has 0 radical (unpaired) electrons. The molecule has 5 nitrogen and oxygen atoms in total. The number of halogens is 1. The molecule has 7 heteroatoms. The first-order chi connectivity index (χ1) is 11.5. The van der Waals surface area contributed by atoms with Crippen molar-refractivity contribution >= 4 is 39.1 Å². The maximum atomic E-state index is 11.8. The Morgan fingerprint density at radius 1 is 1.21 bits per heavy atom. The summed E-state index contributed by atoms with van der Waals surface area (Å²) in [6.45, 7) is 3.01. The molecule has 0 aliphatic rings. The van der Waals surface area contributed by atoms with Crippen molar-refractivity contribution in [1.29, 1.82) is 0 Å². The van der Waals surface area contributed by atoms with E-state index >= 15 is 0 Å². The lowest BCUT2D eigenvalue weighted by molar-refractivity contribution is -0.120. The summed E-state index contributed by atoms with van der Waals surface area (Å²) in [6.07, 6.45) is 0.700. The van der Waals surface area contributed by atoms with E-state index < -0.39 is 0 Å². The first-order valence-electron chi connectivity index (χ1n) is 7.54. The summed E-state index contributed by atoms with van der Waals surface area (Å²) in [6, 6.07) is 11.3. The number of benzene rings is 1. The van der Waals surface area contributed by atoms with Gasteiger partial charge in [0.1, 0.15) is 5.75 Å². The second kappa shape index (κ2) is 9.44. The van der Waals surface area contributed by atoms with Crippen LogP contribution < -0.4 is 15.4 Å². The highest BCUT2D eigenvalue weighted by atomic mass is 79.9. The molecular weight excluding hydrogens is 392 g/mol. The summed E-state index contributed by atoms with van der Waals surface area (Å²) < 4.78 is 6.48. The standard InChI is InChI=1S/C17H19BrN2O3S/c1-12-4-2-5-13(10-12)23-9-3-8-19-16(21)11-20-17(22)14-6-7-15(18)24-14/h2,4-7,10H,3,8-9,11H2,1H3,(H,19,21)(H,20,22). The van der Waals surface area contributed by atoms with E-state index in [0.717, 1.165) is 15.1 Å². The van der Waals surface area contributed by atoms with Crippen molar-refractivity contribution in [1.82, 2.24) is 10.6 Å². The molecule has 0 saturated carbocycles. The van der Waals surface area contributed by atoms with Crippen molar-refractivity contribution in [3.8, 4) is 5.75 Å². The molecule has 1 aromatic carbocycles. The summed E-state index contributed by atoms with van der Waals surface area (Å²) in [5.41, 5.74) is 1.15. The number of hydrogen-bond donors (Lipinski definition) is 2. The second-order valence-corrected chi connectivity index (χ2v) is 7.62. The van der Waals surface area contributed by atoms with Gasteiger partial charge in [-0.05, 0) is 59.1 Å². The van der Waals surface area contributed by atoms with Crippen molar-refractivity contribution in [2.24, 2.45) is 0 Å².